The van der Waals surface area contributed by atoms with Gasteiger partial charge in [0.1, 0.15) is 18.5 Å². The highest BCUT2D eigenvalue weighted by Crippen LogP contribution is 2.15. The maximum absolute atomic E-state index is 13.5. The molecule has 0 aliphatic carbocycles. The van der Waals surface area contributed by atoms with Gasteiger partial charge in [0.15, 0.2) is 6.17 Å². The van der Waals surface area contributed by atoms with Gasteiger partial charge in [0.25, 0.3) is 0 Å². The lowest BCUT2D eigenvalue weighted by molar-refractivity contribution is 0.102. The fourth-order valence-electron chi connectivity index (χ4n) is 1.79. The lowest BCUT2D eigenvalue weighted by Gasteiger charge is -2.14. The van der Waals surface area contributed by atoms with Crippen LogP contribution in [-0.2, 0) is 0 Å². The fraction of sp³-hybridized carbons (Fsp3) is 0.571. The molecule has 2 N–H and O–H groups in total. The molecular formula is C14H21BF2O3. The van der Waals surface area contributed by atoms with Gasteiger partial charge in [-0.3, -0.25) is 0 Å². The smallest absolute Gasteiger partial charge is 0.488 e. The molecular weight excluding hydrogens is 265 g/mol. The lowest BCUT2D eigenvalue weighted by atomic mass is 9.80. The van der Waals surface area contributed by atoms with E-state index in [0.717, 1.165) is 12.8 Å². The fourth-order valence-corrected chi connectivity index (χ4v) is 1.79. The Morgan fingerprint density at radius 1 is 1.10 bits per heavy atom. The Hall–Kier alpha value is -1.14. The summed E-state index contributed by atoms with van der Waals surface area (Å²) in [6.07, 6.45) is -0.368. The molecule has 1 rings (SSSR count). The van der Waals surface area contributed by atoms with Gasteiger partial charge in [-0.2, -0.15) is 0 Å². The van der Waals surface area contributed by atoms with Crippen LogP contribution in [0.25, 0.3) is 0 Å². The quantitative estimate of drug-likeness (QED) is 0.539. The van der Waals surface area contributed by atoms with Crippen molar-refractivity contribution < 1.29 is 23.6 Å². The highest BCUT2D eigenvalue weighted by atomic mass is 19.2. The molecule has 6 heteroatoms. The Labute approximate surface area is 118 Å². The number of unbranched alkanes of at least 4 members (excludes halogenated alkanes) is 2. The zero-order chi connectivity index (χ0) is 15.0. The van der Waals surface area contributed by atoms with E-state index in [2.05, 4.69) is 0 Å². The molecule has 0 aliphatic heterocycles. The van der Waals surface area contributed by atoms with E-state index in [1.54, 1.807) is 0 Å². The Bertz CT molecular complexity index is 373. The van der Waals surface area contributed by atoms with Crippen LogP contribution in [0.5, 0.6) is 5.75 Å². The van der Waals surface area contributed by atoms with Crippen molar-refractivity contribution in [2.75, 3.05) is 6.61 Å². The predicted molar refractivity (Wildman–Crippen MR) is 75.7 cm³/mol. The first kappa shape index (κ1) is 16.9. The first-order valence-corrected chi connectivity index (χ1v) is 6.91. The Balaban J connectivity index is 2.34. The van der Waals surface area contributed by atoms with Gasteiger partial charge in [0, 0.05) is 0 Å². The maximum Gasteiger partial charge on any atom is 0.488 e. The minimum absolute atomic E-state index is 0.216. The Morgan fingerprint density at radius 3 is 2.30 bits per heavy atom. The van der Waals surface area contributed by atoms with E-state index in [-0.39, 0.29) is 13.0 Å². The number of hydrogen-bond donors (Lipinski definition) is 2. The molecule has 0 radical (unpaired) electrons. The first-order chi connectivity index (χ1) is 9.54. The molecule has 2 unspecified atom stereocenters. The van der Waals surface area contributed by atoms with E-state index in [4.69, 9.17) is 14.8 Å². The van der Waals surface area contributed by atoms with Gasteiger partial charge in [-0.1, -0.05) is 38.3 Å². The van der Waals surface area contributed by atoms with E-state index in [1.165, 1.54) is 24.3 Å². The number of alkyl halides is 2. The molecule has 0 aliphatic rings. The molecule has 0 heterocycles. The van der Waals surface area contributed by atoms with Crippen LogP contribution in [0, 0.1) is 0 Å². The summed E-state index contributed by atoms with van der Waals surface area (Å²) in [5.41, 5.74) is 0.317. The summed E-state index contributed by atoms with van der Waals surface area (Å²) in [5, 5.41) is 17.8. The standard InChI is InChI=1S/C14H21BF2O3/c1-2-3-4-5-13(16)14(17)10-20-12-8-6-11(7-9-12)15(18)19/h6-9,13-14,18-19H,2-5,10H2,1H3. The van der Waals surface area contributed by atoms with Crippen molar-refractivity contribution in [2.45, 2.75) is 45.0 Å². The van der Waals surface area contributed by atoms with Gasteiger partial charge in [-0.25, -0.2) is 8.78 Å². The molecule has 1 aromatic carbocycles. The highest BCUT2D eigenvalue weighted by molar-refractivity contribution is 6.58. The van der Waals surface area contributed by atoms with Gasteiger partial charge in [0.05, 0.1) is 0 Å². The molecule has 1 aromatic rings. The summed E-state index contributed by atoms with van der Waals surface area (Å²) >= 11 is 0. The van der Waals surface area contributed by atoms with Gasteiger partial charge >= 0.3 is 7.12 Å². The molecule has 0 spiro atoms. The van der Waals surface area contributed by atoms with Crippen LogP contribution < -0.4 is 10.2 Å². The van der Waals surface area contributed by atoms with Crippen molar-refractivity contribution in [1.29, 1.82) is 0 Å². The predicted octanol–water partition coefficient (Wildman–Crippen LogP) is 2.00. The number of hydrogen-bond acceptors (Lipinski definition) is 3. The lowest BCUT2D eigenvalue weighted by Crippen LogP contribution is -2.29. The van der Waals surface area contributed by atoms with Gasteiger partial charge < -0.3 is 14.8 Å². The van der Waals surface area contributed by atoms with Gasteiger partial charge in [0.2, 0.25) is 0 Å². The summed E-state index contributed by atoms with van der Waals surface area (Å²) in [7, 11) is -1.55. The first-order valence-electron chi connectivity index (χ1n) is 6.91. The molecule has 2 atom stereocenters. The molecule has 20 heavy (non-hydrogen) atoms. The average Bonchev–Trinajstić information content (AvgIpc) is 2.45. The zero-order valence-electron chi connectivity index (χ0n) is 11.6. The molecule has 0 bridgehead atoms. The molecule has 0 saturated heterocycles. The number of halogens is 2. The third-order valence-corrected chi connectivity index (χ3v) is 3.06. The monoisotopic (exact) mass is 286 g/mol. The van der Waals surface area contributed by atoms with Crippen LogP contribution in [0.1, 0.15) is 32.6 Å². The number of ether oxygens (including phenoxy) is 1. The summed E-state index contributed by atoms with van der Waals surface area (Å²) in [5.74, 6) is 0.373. The minimum Gasteiger partial charge on any atom is -0.490 e. The van der Waals surface area contributed by atoms with Crippen LogP contribution in [0.3, 0.4) is 0 Å². The second kappa shape index (κ2) is 8.92. The maximum atomic E-state index is 13.5. The highest BCUT2D eigenvalue weighted by Gasteiger charge is 2.20. The third kappa shape index (κ3) is 5.88. The van der Waals surface area contributed by atoms with Crippen LogP contribution in [0.15, 0.2) is 24.3 Å². The summed E-state index contributed by atoms with van der Waals surface area (Å²) in [4.78, 5) is 0. The molecule has 112 valence electrons. The summed E-state index contributed by atoms with van der Waals surface area (Å²) < 4.78 is 32.2. The summed E-state index contributed by atoms with van der Waals surface area (Å²) in [6.45, 7) is 1.67. The average molecular weight is 286 g/mol. The molecule has 3 nitrogen and oxygen atoms in total. The third-order valence-electron chi connectivity index (χ3n) is 3.06. The normalized spacial score (nSPS) is 13.8. The van der Waals surface area contributed by atoms with Crippen LogP contribution in [0.2, 0.25) is 0 Å². The van der Waals surface area contributed by atoms with E-state index in [1.807, 2.05) is 6.92 Å². The molecule has 0 fully saturated rings. The van der Waals surface area contributed by atoms with Crippen molar-refractivity contribution in [1.82, 2.24) is 0 Å². The van der Waals surface area contributed by atoms with E-state index in [9.17, 15) is 8.78 Å². The van der Waals surface area contributed by atoms with E-state index in [0.29, 0.717) is 17.6 Å². The van der Waals surface area contributed by atoms with Crippen molar-refractivity contribution in [2.24, 2.45) is 0 Å². The zero-order valence-corrected chi connectivity index (χ0v) is 11.6. The van der Waals surface area contributed by atoms with Crippen molar-refractivity contribution in [3.63, 3.8) is 0 Å². The van der Waals surface area contributed by atoms with Crippen LogP contribution >= 0.6 is 0 Å². The topological polar surface area (TPSA) is 49.7 Å². The minimum atomic E-state index is -1.64. The van der Waals surface area contributed by atoms with Crippen molar-refractivity contribution >= 4 is 12.6 Å². The van der Waals surface area contributed by atoms with Crippen molar-refractivity contribution in [3.8, 4) is 5.75 Å². The largest absolute Gasteiger partial charge is 0.490 e. The molecule has 0 aromatic heterocycles. The van der Waals surface area contributed by atoms with Gasteiger partial charge in [-0.15, -0.1) is 0 Å². The second-order valence-electron chi connectivity index (χ2n) is 4.78. The van der Waals surface area contributed by atoms with Crippen LogP contribution in [0.4, 0.5) is 8.78 Å². The van der Waals surface area contributed by atoms with E-state index >= 15 is 0 Å². The second-order valence-corrected chi connectivity index (χ2v) is 4.78. The number of benzene rings is 1. The summed E-state index contributed by atoms with van der Waals surface area (Å²) in [6, 6.07) is 5.90. The Morgan fingerprint density at radius 2 is 1.75 bits per heavy atom. The van der Waals surface area contributed by atoms with E-state index < -0.39 is 19.5 Å². The Kier molecular flexibility index (Phi) is 7.55. The SMILES string of the molecule is CCCCCC(F)C(F)COc1ccc(B(O)O)cc1. The van der Waals surface area contributed by atoms with Gasteiger partial charge in [-0.05, 0) is 24.0 Å². The number of rotatable bonds is 9. The molecule has 0 saturated carbocycles. The van der Waals surface area contributed by atoms with Crippen molar-refractivity contribution in [3.05, 3.63) is 24.3 Å². The van der Waals surface area contributed by atoms with Crippen LogP contribution in [-0.4, -0.2) is 36.1 Å². The molecule has 0 amide bonds.